The number of allylic oxidation sites excluding steroid dienone is 1. The second-order valence-electron chi connectivity index (χ2n) is 7.17. The largest absolute Gasteiger partial charge is 0.508 e. The second-order valence-corrected chi connectivity index (χ2v) is 8.18. The Morgan fingerprint density at radius 1 is 1.25 bits per heavy atom. The fourth-order valence-electron chi connectivity index (χ4n) is 3.66. The highest BCUT2D eigenvalue weighted by atomic mass is 32.1. The van der Waals surface area contributed by atoms with E-state index in [1.54, 1.807) is 63.4 Å². The average Bonchev–Trinajstić information content (AvgIpc) is 3.07. The van der Waals surface area contributed by atoms with Gasteiger partial charge in [0.15, 0.2) is 4.80 Å². The number of nitrogens with zero attached hydrogens (tertiary/aromatic N) is 2. The Morgan fingerprint density at radius 3 is 2.66 bits per heavy atom. The van der Waals surface area contributed by atoms with Crippen LogP contribution in [0.25, 0.3) is 6.08 Å². The van der Waals surface area contributed by atoms with Gasteiger partial charge in [-0.2, -0.15) is 0 Å². The van der Waals surface area contributed by atoms with Crippen LogP contribution in [-0.2, 0) is 9.53 Å². The van der Waals surface area contributed by atoms with Gasteiger partial charge in [0.2, 0.25) is 0 Å². The highest BCUT2D eigenvalue weighted by molar-refractivity contribution is 7.07. The number of phenolic OH excluding ortho intramolecular Hbond substituents is 1. The van der Waals surface area contributed by atoms with Crippen molar-refractivity contribution in [2.45, 2.75) is 19.9 Å². The predicted molar refractivity (Wildman–Crippen MR) is 121 cm³/mol. The highest BCUT2D eigenvalue weighted by Crippen LogP contribution is 2.31. The lowest BCUT2D eigenvalue weighted by molar-refractivity contribution is -0.139. The number of hydrogen-bond acceptors (Lipinski definition) is 7. The molecule has 0 saturated carbocycles. The standard InChI is InChI=1S/C24H22N2O5S/c1-4-31-23(29)20-14(2)25-24-26(21(20)16-8-10-18(30-3)11-9-16)22(28)19(32-24)13-15-6-5-7-17(27)12-15/h5-13,21,27H,4H2,1-3H3/b19-13-/t21-/m1/s1. The molecule has 0 amide bonds. The van der Waals surface area contributed by atoms with Crippen LogP contribution in [0.3, 0.4) is 0 Å². The molecule has 0 spiro atoms. The number of benzene rings is 2. The van der Waals surface area contributed by atoms with Gasteiger partial charge in [0.1, 0.15) is 11.5 Å². The van der Waals surface area contributed by atoms with E-state index in [9.17, 15) is 14.7 Å². The van der Waals surface area contributed by atoms with E-state index in [1.807, 2.05) is 12.1 Å². The average molecular weight is 451 g/mol. The molecule has 0 unspecified atom stereocenters. The summed E-state index contributed by atoms with van der Waals surface area (Å²) in [6.45, 7) is 3.70. The fraction of sp³-hybridized carbons (Fsp3) is 0.208. The normalized spacial score (nSPS) is 15.8. The van der Waals surface area contributed by atoms with Gasteiger partial charge in [-0.25, -0.2) is 9.79 Å². The topological polar surface area (TPSA) is 90.1 Å². The number of aromatic hydroxyl groups is 1. The molecule has 2 heterocycles. The van der Waals surface area contributed by atoms with Crippen LogP contribution < -0.4 is 19.6 Å². The fourth-order valence-corrected chi connectivity index (χ4v) is 4.71. The third-order valence-corrected chi connectivity index (χ3v) is 6.10. The molecule has 1 aliphatic heterocycles. The molecule has 32 heavy (non-hydrogen) atoms. The summed E-state index contributed by atoms with van der Waals surface area (Å²) in [7, 11) is 1.58. The van der Waals surface area contributed by atoms with E-state index in [2.05, 4.69) is 4.99 Å². The summed E-state index contributed by atoms with van der Waals surface area (Å²) in [5.74, 6) is 0.281. The molecule has 1 aliphatic rings. The summed E-state index contributed by atoms with van der Waals surface area (Å²) in [6.07, 6.45) is 1.71. The minimum Gasteiger partial charge on any atom is -0.508 e. The molecule has 0 bridgehead atoms. The number of carbonyl (C=O) groups excluding carboxylic acids is 1. The Balaban J connectivity index is 1.94. The first-order chi connectivity index (χ1) is 15.4. The van der Waals surface area contributed by atoms with Gasteiger partial charge in [0.25, 0.3) is 5.56 Å². The molecule has 7 nitrogen and oxygen atoms in total. The molecule has 8 heteroatoms. The SMILES string of the molecule is CCOC(=O)C1=C(C)N=c2s/c(=C\c3cccc(O)c3)c(=O)n2[C@@H]1c1ccc(OC)cc1. The minimum absolute atomic E-state index is 0.114. The third-order valence-electron chi connectivity index (χ3n) is 5.12. The number of phenols is 1. The first-order valence-electron chi connectivity index (χ1n) is 10.1. The molecule has 4 rings (SSSR count). The van der Waals surface area contributed by atoms with E-state index in [0.717, 1.165) is 5.56 Å². The molecular formula is C24H22N2O5S. The number of methoxy groups -OCH3 is 1. The van der Waals surface area contributed by atoms with Crippen molar-refractivity contribution in [2.75, 3.05) is 13.7 Å². The van der Waals surface area contributed by atoms with Crippen LogP contribution in [-0.4, -0.2) is 29.4 Å². The summed E-state index contributed by atoms with van der Waals surface area (Å²) in [5.41, 5.74) is 2.00. The molecule has 1 N–H and O–H groups in total. The third kappa shape index (κ3) is 3.97. The summed E-state index contributed by atoms with van der Waals surface area (Å²) in [5, 5.41) is 9.75. The van der Waals surface area contributed by atoms with Crippen molar-refractivity contribution >= 4 is 23.4 Å². The number of aromatic nitrogens is 1. The van der Waals surface area contributed by atoms with Crippen LogP contribution >= 0.6 is 11.3 Å². The molecule has 0 aliphatic carbocycles. The number of ether oxygens (including phenoxy) is 2. The van der Waals surface area contributed by atoms with E-state index in [4.69, 9.17) is 9.47 Å². The second kappa shape index (κ2) is 8.84. The summed E-state index contributed by atoms with van der Waals surface area (Å²) < 4.78 is 12.5. The van der Waals surface area contributed by atoms with E-state index in [0.29, 0.717) is 31.9 Å². The van der Waals surface area contributed by atoms with Crippen molar-refractivity contribution in [1.82, 2.24) is 4.57 Å². The van der Waals surface area contributed by atoms with Crippen molar-refractivity contribution in [3.63, 3.8) is 0 Å². The lowest BCUT2D eigenvalue weighted by Gasteiger charge is -2.24. The zero-order valence-electron chi connectivity index (χ0n) is 17.9. The van der Waals surface area contributed by atoms with Gasteiger partial charge in [0, 0.05) is 0 Å². The Bertz CT molecular complexity index is 1380. The Labute approximate surface area is 188 Å². The maximum absolute atomic E-state index is 13.5. The summed E-state index contributed by atoms with van der Waals surface area (Å²) in [6, 6.07) is 13.2. The number of thiazole rings is 1. The molecule has 0 fully saturated rings. The Hall–Kier alpha value is -3.65. The lowest BCUT2D eigenvalue weighted by atomic mass is 9.96. The van der Waals surface area contributed by atoms with Crippen LogP contribution in [0.4, 0.5) is 0 Å². The van der Waals surface area contributed by atoms with Gasteiger partial charge < -0.3 is 14.6 Å². The van der Waals surface area contributed by atoms with Crippen LogP contribution in [0.2, 0.25) is 0 Å². The van der Waals surface area contributed by atoms with Gasteiger partial charge in [-0.1, -0.05) is 35.6 Å². The van der Waals surface area contributed by atoms with E-state index < -0.39 is 12.0 Å². The van der Waals surface area contributed by atoms with Crippen LogP contribution in [0.15, 0.2) is 69.6 Å². The van der Waals surface area contributed by atoms with Gasteiger partial charge in [-0.15, -0.1) is 0 Å². The first-order valence-corrected chi connectivity index (χ1v) is 10.9. The van der Waals surface area contributed by atoms with Gasteiger partial charge in [-0.3, -0.25) is 9.36 Å². The number of hydrogen-bond donors (Lipinski definition) is 1. The van der Waals surface area contributed by atoms with Crippen molar-refractivity contribution in [3.05, 3.63) is 90.6 Å². The number of esters is 1. The van der Waals surface area contributed by atoms with Crippen molar-refractivity contribution in [1.29, 1.82) is 0 Å². The molecule has 1 atom stereocenters. The van der Waals surface area contributed by atoms with Crippen molar-refractivity contribution in [2.24, 2.45) is 4.99 Å². The quantitative estimate of drug-likeness (QED) is 0.604. The van der Waals surface area contributed by atoms with E-state index in [1.165, 1.54) is 15.9 Å². The van der Waals surface area contributed by atoms with Crippen molar-refractivity contribution in [3.8, 4) is 11.5 Å². The maximum Gasteiger partial charge on any atom is 0.338 e. The molecule has 2 aromatic carbocycles. The maximum atomic E-state index is 13.5. The van der Waals surface area contributed by atoms with Crippen LogP contribution in [0, 0.1) is 0 Å². The Kier molecular flexibility index (Phi) is 5.96. The lowest BCUT2D eigenvalue weighted by Crippen LogP contribution is -2.39. The van der Waals surface area contributed by atoms with Crippen LogP contribution in [0.5, 0.6) is 11.5 Å². The number of carbonyl (C=O) groups is 1. The van der Waals surface area contributed by atoms with Gasteiger partial charge >= 0.3 is 5.97 Å². The summed E-state index contributed by atoms with van der Waals surface area (Å²) in [4.78, 5) is 31.4. The predicted octanol–water partition coefficient (Wildman–Crippen LogP) is 2.51. The van der Waals surface area contributed by atoms with Crippen LogP contribution in [0.1, 0.15) is 31.0 Å². The Morgan fingerprint density at radius 2 is 2.00 bits per heavy atom. The zero-order valence-corrected chi connectivity index (χ0v) is 18.7. The highest BCUT2D eigenvalue weighted by Gasteiger charge is 2.33. The minimum atomic E-state index is -0.678. The van der Waals surface area contributed by atoms with E-state index >= 15 is 0 Å². The van der Waals surface area contributed by atoms with Gasteiger partial charge in [0.05, 0.1) is 35.6 Å². The molecule has 0 saturated heterocycles. The zero-order chi connectivity index (χ0) is 22.8. The first kappa shape index (κ1) is 21.6. The summed E-state index contributed by atoms with van der Waals surface area (Å²) >= 11 is 1.24. The monoisotopic (exact) mass is 450 g/mol. The number of fused-ring (bicyclic) bond motifs is 1. The molecule has 0 radical (unpaired) electrons. The molecule has 3 aromatic rings. The van der Waals surface area contributed by atoms with E-state index in [-0.39, 0.29) is 17.9 Å². The molecular weight excluding hydrogens is 428 g/mol. The van der Waals surface area contributed by atoms with Crippen molar-refractivity contribution < 1.29 is 19.4 Å². The molecule has 164 valence electrons. The number of rotatable bonds is 5. The van der Waals surface area contributed by atoms with Gasteiger partial charge in [-0.05, 0) is 55.3 Å². The smallest absolute Gasteiger partial charge is 0.338 e. The molecule has 1 aromatic heterocycles.